The first-order valence-corrected chi connectivity index (χ1v) is 13.7. The maximum absolute atomic E-state index is 13.2. The minimum atomic E-state index is -2.20. The number of amides is 2. The molecule has 0 radical (unpaired) electrons. The lowest BCUT2D eigenvalue weighted by Crippen LogP contribution is -2.35. The van der Waals surface area contributed by atoms with Crippen molar-refractivity contribution in [2.45, 2.75) is 52.3 Å². The number of carbonyl (C=O) groups excluding carboxylic acids is 2. The van der Waals surface area contributed by atoms with Crippen LogP contribution in [0.1, 0.15) is 41.5 Å². The molecule has 8 nitrogen and oxygen atoms in total. The van der Waals surface area contributed by atoms with Crippen LogP contribution in [-0.2, 0) is 27.4 Å². The van der Waals surface area contributed by atoms with Crippen molar-refractivity contribution < 1.29 is 33.4 Å². The first-order chi connectivity index (χ1) is 19.7. The van der Waals surface area contributed by atoms with Crippen LogP contribution in [0, 0.1) is 13.8 Å². The van der Waals surface area contributed by atoms with Crippen LogP contribution >= 0.6 is 0 Å². The highest BCUT2D eigenvalue weighted by Crippen LogP contribution is 2.36. The van der Waals surface area contributed by atoms with Gasteiger partial charge in [-0.2, -0.15) is 0 Å². The van der Waals surface area contributed by atoms with Crippen LogP contribution in [-0.4, -0.2) is 48.9 Å². The molecule has 1 aliphatic rings. The van der Waals surface area contributed by atoms with Crippen LogP contribution in [0.4, 0.5) is 14.9 Å². The van der Waals surface area contributed by atoms with Crippen molar-refractivity contribution in [1.29, 1.82) is 0 Å². The number of anilines is 1. The maximum Gasteiger partial charge on any atom is 0.407 e. The Labute approximate surface area is 239 Å². The number of halogens is 1. The lowest BCUT2D eigenvalue weighted by atomic mass is 9.91. The zero-order valence-corrected chi connectivity index (χ0v) is 23.3. The molecule has 2 N–H and O–H groups in total. The van der Waals surface area contributed by atoms with E-state index in [1.54, 1.807) is 6.07 Å². The number of alkyl halides is 1. The summed E-state index contributed by atoms with van der Waals surface area (Å²) in [5.41, 5.74) is 6.94. The first kappa shape index (κ1) is 29.6. The summed E-state index contributed by atoms with van der Waals surface area (Å²) in [4.78, 5) is 37.5. The summed E-state index contributed by atoms with van der Waals surface area (Å²) in [5.74, 6) is -0.726. The Hall–Kier alpha value is -4.40. The summed E-state index contributed by atoms with van der Waals surface area (Å²) < 4.78 is 24.2. The highest BCUT2D eigenvalue weighted by Gasteiger charge is 2.24. The largest absolute Gasteiger partial charge is 0.493 e. The third kappa shape index (κ3) is 7.63. The number of benzene rings is 3. The molecule has 9 heteroatoms. The molecule has 0 saturated carbocycles. The smallest absolute Gasteiger partial charge is 0.407 e. The number of carboxylic acids is 1. The predicted molar refractivity (Wildman–Crippen MR) is 154 cm³/mol. The standard InChI is InChI=1S/C32H35FN2O6/c1-21-8-3-14-29(22(21)2)40-17-7-15-30(36)35-16-6-12-26-25(11-5-13-28(26)35)24-10-4-9-23(18-24)20-41-32(39)34-19-27(33)31(37)38/h3-5,8-11,13-14,18,27H,6-7,12,15-17,19-20H2,1-2H3,(H,34,39)(H,37,38). The minimum absolute atomic E-state index is 0.0620. The summed E-state index contributed by atoms with van der Waals surface area (Å²) in [6, 6.07) is 19.4. The van der Waals surface area contributed by atoms with Gasteiger partial charge in [0.1, 0.15) is 12.4 Å². The molecule has 0 saturated heterocycles. The zero-order valence-electron chi connectivity index (χ0n) is 23.3. The predicted octanol–water partition coefficient (Wildman–Crippen LogP) is 5.76. The number of ether oxygens (including phenoxy) is 2. The topological polar surface area (TPSA) is 105 Å². The number of fused-ring (bicyclic) bond motifs is 1. The summed E-state index contributed by atoms with van der Waals surface area (Å²) in [6.07, 6.45) is -0.400. The molecule has 1 aliphatic heterocycles. The Kier molecular flexibility index (Phi) is 9.95. The van der Waals surface area contributed by atoms with Crippen molar-refractivity contribution in [3.63, 3.8) is 0 Å². The van der Waals surface area contributed by atoms with Crippen LogP contribution in [0.25, 0.3) is 11.1 Å². The number of rotatable bonds is 11. The van der Waals surface area contributed by atoms with Crippen LogP contribution in [0.3, 0.4) is 0 Å². The average molecular weight is 563 g/mol. The number of hydrogen-bond acceptors (Lipinski definition) is 5. The molecule has 0 aliphatic carbocycles. The lowest BCUT2D eigenvalue weighted by Gasteiger charge is -2.31. The normalized spacial score (nSPS) is 13.2. The van der Waals surface area contributed by atoms with E-state index in [1.165, 1.54) is 5.56 Å². The number of carboxylic acid groups (broad SMARTS) is 1. The van der Waals surface area contributed by atoms with Gasteiger partial charge in [0, 0.05) is 18.7 Å². The molecule has 0 fully saturated rings. The number of nitrogens with zero attached hydrogens (tertiary/aromatic N) is 1. The number of hydrogen-bond donors (Lipinski definition) is 2. The number of alkyl carbamates (subject to hydrolysis) is 1. The quantitative estimate of drug-likeness (QED) is 0.288. The Morgan fingerprint density at radius 1 is 1.07 bits per heavy atom. The van der Waals surface area contributed by atoms with Gasteiger partial charge >= 0.3 is 12.1 Å². The van der Waals surface area contributed by atoms with Gasteiger partial charge in [-0.1, -0.05) is 42.5 Å². The second-order valence-electron chi connectivity index (χ2n) is 10.1. The maximum atomic E-state index is 13.2. The zero-order chi connectivity index (χ0) is 29.4. The molecule has 3 aromatic rings. The van der Waals surface area contributed by atoms with E-state index in [9.17, 15) is 18.8 Å². The van der Waals surface area contributed by atoms with Crippen molar-refractivity contribution >= 4 is 23.7 Å². The van der Waals surface area contributed by atoms with Gasteiger partial charge in [0.05, 0.1) is 13.2 Å². The van der Waals surface area contributed by atoms with Gasteiger partial charge in [0.2, 0.25) is 12.1 Å². The third-order valence-electron chi connectivity index (χ3n) is 7.20. The van der Waals surface area contributed by atoms with Gasteiger partial charge < -0.3 is 24.8 Å². The van der Waals surface area contributed by atoms with Gasteiger partial charge in [-0.05, 0) is 84.7 Å². The molecule has 41 heavy (non-hydrogen) atoms. The number of aliphatic carboxylic acids is 1. The molecular formula is C32H35FN2O6. The van der Waals surface area contributed by atoms with E-state index in [0.29, 0.717) is 26.0 Å². The van der Waals surface area contributed by atoms with Gasteiger partial charge in [-0.15, -0.1) is 0 Å². The van der Waals surface area contributed by atoms with Crippen molar-refractivity contribution in [2.24, 2.45) is 0 Å². The van der Waals surface area contributed by atoms with Crippen molar-refractivity contribution in [3.05, 3.63) is 82.9 Å². The number of aryl methyl sites for hydroxylation is 1. The van der Waals surface area contributed by atoms with E-state index in [4.69, 9.17) is 14.6 Å². The molecule has 0 bridgehead atoms. The molecule has 4 rings (SSSR count). The summed E-state index contributed by atoms with van der Waals surface area (Å²) >= 11 is 0. The highest BCUT2D eigenvalue weighted by molar-refractivity contribution is 5.96. The second kappa shape index (κ2) is 13.8. The Morgan fingerprint density at radius 3 is 2.66 bits per heavy atom. The van der Waals surface area contributed by atoms with Crippen LogP contribution in [0.2, 0.25) is 0 Å². The van der Waals surface area contributed by atoms with Gasteiger partial charge in [0.15, 0.2) is 0 Å². The Morgan fingerprint density at radius 2 is 1.85 bits per heavy atom. The van der Waals surface area contributed by atoms with Gasteiger partial charge in [0.25, 0.3) is 0 Å². The fraction of sp³-hybridized carbons (Fsp3) is 0.344. The SMILES string of the molecule is Cc1cccc(OCCCC(=O)N2CCCc3c(-c4cccc(COC(=O)NCC(F)C(=O)O)c4)cccc32)c1C. The molecule has 0 spiro atoms. The number of carbonyl (C=O) groups is 3. The van der Waals surface area contributed by atoms with Gasteiger partial charge in [-0.3, -0.25) is 4.79 Å². The molecule has 216 valence electrons. The summed E-state index contributed by atoms with van der Waals surface area (Å²) in [6.45, 7) is 4.49. The second-order valence-corrected chi connectivity index (χ2v) is 10.1. The lowest BCUT2D eigenvalue weighted by molar-refractivity contribution is -0.142. The van der Waals surface area contributed by atoms with Crippen molar-refractivity contribution in [2.75, 3.05) is 24.6 Å². The minimum Gasteiger partial charge on any atom is -0.493 e. The van der Waals surface area contributed by atoms with E-state index in [1.807, 2.05) is 73.3 Å². The van der Waals surface area contributed by atoms with E-state index in [2.05, 4.69) is 5.32 Å². The summed E-state index contributed by atoms with van der Waals surface area (Å²) in [7, 11) is 0. The molecule has 1 unspecified atom stereocenters. The fourth-order valence-electron chi connectivity index (χ4n) is 4.86. The van der Waals surface area contributed by atoms with Crippen molar-refractivity contribution in [1.82, 2.24) is 5.32 Å². The third-order valence-corrected chi connectivity index (χ3v) is 7.20. The molecular weight excluding hydrogens is 527 g/mol. The van der Waals surface area contributed by atoms with E-state index in [-0.39, 0.29) is 12.5 Å². The van der Waals surface area contributed by atoms with E-state index in [0.717, 1.165) is 52.1 Å². The molecule has 0 aromatic heterocycles. The summed E-state index contributed by atoms with van der Waals surface area (Å²) in [5, 5.41) is 10.7. The molecule has 1 heterocycles. The monoisotopic (exact) mass is 562 g/mol. The van der Waals surface area contributed by atoms with Crippen LogP contribution < -0.4 is 15.0 Å². The fourth-order valence-corrected chi connectivity index (χ4v) is 4.86. The molecule has 1 atom stereocenters. The molecule has 3 aromatic carbocycles. The Balaban J connectivity index is 1.38. The van der Waals surface area contributed by atoms with Gasteiger partial charge in [-0.25, -0.2) is 14.0 Å². The van der Waals surface area contributed by atoms with Crippen LogP contribution in [0.15, 0.2) is 60.7 Å². The molecule has 2 amide bonds. The first-order valence-electron chi connectivity index (χ1n) is 13.7. The highest BCUT2D eigenvalue weighted by atomic mass is 19.1. The van der Waals surface area contributed by atoms with E-state index >= 15 is 0 Å². The van der Waals surface area contributed by atoms with E-state index < -0.39 is 24.8 Å². The Bertz CT molecular complexity index is 1410. The van der Waals surface area contributed by atoms with Crippen LogP contribution in [0.5, 0.6) is 5.75 Å². The number of nitrogens with one attached hydrogen (secondary N) is 1. The average Bonchev–Trinajstić information content (AvgIpc) is 2.98. The van der Waals surface area contributed by atoms with Crippen molar-refractivity contribution in [3.8, 4) is 16.9 Å².